The molecule has 0 N–H and O–H groups in total. The SMILES string of the molecule is CCCCC(=O)N1CCCCC(c2ccc(Cl)cc2)C1. The minimum absolute atomic E-state index is 0.327. The largest absolute Gasteiger partial charge is 0.342 e. The van der Waals surface area contributed by atoms with Crippen LogP contribution in [0, 0.1) is 0 Å². The maximum absolute atomic E-state index is 12.2. The highest BCUT2D eigenvalue weighted by Gasteiger charge is 2.22. The molecule has 1 aliphatic heterocycles. The average Bonchev–Trinajstić information content (AvgIpc) is 2.71. The van der Waals surface area contributed by atoms with Crippen LogP contribution in [-0.2, 0) is 4.79 Å². The molecule has 0 spiro atoms. The van der Waals surface area contributed by atoms with Crippen molar-refractivity contribution in [2.45, 2.75) is 51.4 Å². The van der Waals surface area contributed by atoms with Crippen molar-refractivity contribution in [3.05, 3.63) is 34.9 Å². The van der Waals surface area contributed by atoms with Gasteiger partial charge in [-0.2, -0.15) is 0 Å². The van der Waals surface area contributed by atoms with E-state index in [1.54, 1.807) is 0 Å². The lowest BCUT2D eigenvalue weighted by molar-refractivity contribution is -0.131. The van der Waals surface area contributed by atoms with Gasteiger partial charge >= 0.3 is 0 Å². The smallest absolute Gasteiger partial charge is 0.222 e. The number of halogens is 1. The summed E-state index contributed by atoms with van der Waals surface area (Å²) in [6.07, 6.45) is 6.27. The Morgan fingerprint density at radius 3 is 2.75 bits per heavy atom. The van der Waals surface area contributed by atoms with Crippen molar-refractivity contribution >= 4 is 17.5 Å². The molecule has 1 fully saturated rings. The molecule has 110 valence electrons. The van der Waals surface area contributed by atoms with Crippen LogP contribution in [0.3, 0.4) is 0 Å². The van der Waals surface area contributed by atoms with Crippen LogP contribution in [0.15, 0.2) is 24.3 Å². The number of hydrogen-bond acceptors (Lipinski definition) is 1. The summed E-state index contributed by atoms with van der Waals surface area (Å²) in [5.74, 6) is 0.785. The Morgan fingerprint density at radius 2 is 2.05 bits per heavy atom. The molecule has 1 unspecified atom stereocenters. The number of rotatable bonds is 4. The molecular formula is C17H24ClNO. The van der Waals surface area contributed by atoms with E-state index in [1.165, 1.54) is 18.4 Å². The maximum atomic E-state index is 12.2. The summed E-state index contributed by atoms with van der Waals surface area (Å²) in [5, 5.41) is 0.776. The van der Waals surface area contributed by atoms with E-state index < -0.39 is 0 Å². The Labute approximate surface area is 127 Å². The number of benzene rings is 1. The number of nitrogens with zero attached hydrogens (tertiary/aromatic N) is 1. The minimum atomic E-state index is 0.327. The molecule has 1 aromatic rings. The predicted molar refractivity (Wildman–Crippen MR) is 84.1 cm³/mol. The van der Waals surface area contributed by atoms with Gasteiger partial charge in [0.1, 0.15) is 0 Å². The molecule has 1 saturated heterocycles. The molecule has 0 saturated carbocycles. The van der Waals surface area contributed by atoms with Crippen LogP contribution in [-0.4, -0.2) is 23.9 Å². The number of unbranched alkanes of at least 4 members (excludes halogenated alkanes) is 1. The van der Waals surface area contributed by atoms with E-state index in [0.717, 1.165) is 37.4 Å². The van der Waals surface area contributed by atoms with Gasteiger partial charge in [0.15, 0.2) is 0 Å². The molecule has 0 radical (unpaired) electrons. The first-order valence-electron chi connectivity index (χ1n) is 7.74. The summed E-state index contributed by atoms with van der Waals surface area (Å²) in [6.45, 7) is 3.92. The van der Waals surface area contributed by atoms with Gasteiger partial charge in [-0.05, 0) is 37.0 Å². The molecular weight excluding hydrogens is 270 g/mol. The van der Waals surface area contributed by atoms with E-state index in [2.05, 4.69) is 24.0 Å². The Morgan fingerprint density at radius 1 is 1.30 bits per heavy atom. The van der Waals surface area contributed by atoms with Crippen LogP contribution in [0.25, 0.3) is 0 Å². The molecule has 1 aliphatic rings. The third kappa shape index (κ3) is 4.24. The number of likely N-dealkylation sites (tertiary alicyclic amines) is 1. The highest BCUT2D eigenvalue weighted by atomic mass is 35.5. The molecule has 0 aliphatic carbocycles. The van der Waals surface area contributed by atoms with Crippen LogP contribution in [0.1, 0.15) is 56.9 Å². The summed E-state index contributed by atoms with van der Waals surface area (Å²) in [6, 6.07) is 8.11. The molecule has 2 nitrogen and oxygen atoms in total. The zero-order chi connectivity index (χ0) is 14.4. The van der Waals surface area contributed by atoms with Gasteiger partial charge in [0.25, 0.3) is 0 Å². The quantitative estimate of drug-likeness (QED) is 0.793. The molecule has 1 amide bonds. The number of hydrogen-bond donors (Lipinski definition) is 0. The van der Waals surface area contributed by atoms with Gasteiger partial charge in [-0.25, -0.2) is 0 Å². The van der Waals surface area contributed by atoms with Crippen molar-refractivity contribution in [3.63, 3.8) is 0 Å². The monoisotopic (exact) mass is 293 g/mol. The second-order valence-electron chi connectivity index (χ2n) is 5.69. The summed E-state index contributed by atoms with van der Waals surface area (Å²) in [5.41, 5.74) is 1.31. The molecule has 20 heavy (non-hydrogen) atoms. The second-order valence-corrected chi connectivity index (χ2v) is 6.12. The van der Waals surface area contributed by atoms with E-state index >= 15 is 0 Å². The molecule has 2 rings (SSSR count). The average molecular weight is 294 g/mol. The van der Waals surface area contributed by atoms with Crippen molar-refractivity contribution in [1.29, 1.82) is 0 Å². The van der Waals surface area contributed by atoms with Crippen LogP contribution < -0.4 is 0 Å². The number of carbonyl (C=O) groups is 1. The summed E-state index contributed by atoms with van der Waals surface area (Å²) < 4.78 is 0. The summed E-state index contributed by atoms with van der Waals surface area (Å²) in [4.78, 5) is 14.3. The van der Waals surface area contributed by atoms with E-state index in [0.29, 0.717) is 18.2 Å². The van der Waals surface area contributed by atoms with Crippen LogP contribution in [0.5, 0.6) is 0 Å². The Hall–Kier alpha value is -1.02. The van der Waals surface area contributed by atoms with Crippen molar-refractivity contribution in [1.82, 2.24) is 4.90 Å². The van der Waals surface area contributed by atoms with Crippen LogP contribution in [0.4, 0.5) is 0 Å². The predicted octanol–water partition coefficient (Wildman–Crippen LogP) is 4.63. The summed E-state index contributed by atoms with van der Waals surface area (Å²) >= 11 is 5.95. The van der Waals surface area contributed by atoms with Crippen molar-refractivity contribution in [3.8, 4) is 0 Å². The Bertz CT molecular complexity index is 429. The lowest BCUT2D eigenvalue weighted by Gasteiger charge is -2.25. The lowest BCUT2D eigenvalue weighted by Crippen LogP contribution is -2.33. The van der Waals surface area contributed by atoms with Gasteiger partial charge in [-0.1, -0.05) is 43.5 Å². The van der Waals surface area contributed by atoms with Crippen molar-refractivity contribution in [2.24, 2.45) is 0 Å². The fourth-order valence-electron chi connectivity index (χ4n) is 2.86. The van der Waals surface area contributed by atoms with Gasteiger partial charge in [-0.3, -0.25) is 4.79 Å². The topological polar surface area (TPSA) is 20.3 Å². The van der Waals surface area contributed by atoms with Gasteiger partial charge in [0.05, 0.1) is 0 Å². The molecule has 1 atom stereocenters. The van der Waals surface area contributed by atoms with Gasteiger partial charge in [0.2, 0.25) is 5.91 Å². The third-order valence-corrected chi connectivity index (χ3v) is 4.36. The fourth-order valence-corrected chi connectivity index (χ4v) is 2.99. The van der Waals surface area contributed by atoms with E-state index in [4.69, 9.17) is 11.6 Å². The van der Waals surface area contributed by atoms with E-state index in [-0.39, 0.29) is 0 Å². The third-order valence-electron chi connectivity index (χ3n) is 4.11. The molecule has 0 bridgehead atoms. The molecule has 1 aromatic carbocycles. The zero-order valence-corrected chi connectivity index (χ0v) is 13.0. The molecule has 1 heterocycles. The number of carbonyl (C=O) groups excluding carboxylic acids is 1. The number of amides is 1. The van der Waals surface area contributed by atoms with Gasteiger partial charge < -0.3 is 4.90 Å². The standard InChI is InChI=1S/C17H24ClNO/c1-2-3-7-17(20)19-12-5-4-6-15(13-19)14-8-10-16(18)11-9-14/h8-11,15H,2-7,12-13H2,1H3. The van der Waals surface area contributed by atoms with E-state index in [1.807, 2.05) is 12.1 Å². The lowest BCUT2D eigenvalue weighted by atomic mass is 9.94. The van der Waals surface area contributed by atoms with E-state index in [9.17, 15) is 4.79 Å². The highest BCUT2D eigenvalue weighted by molar-refractivity contribution is 6.30. The summed E-state index contributed by atoms with van der Waals surface area (Å²) in [7, 11) is 0. The van der Waals surface area contributed by atoms with Crippen LogP contribution in [0.2, 0.25) is 5.02 Å². The van der Waals surface area contributed by atoms with Gasteiger partial charge in [0, 0.05) is 30.5 Å². The van der Waals surface area contributed by atoms with Crippen molar-refractivity contribution in [2.75, 3.05) is 13.1 Å². The first-order valence-corrected chi connectivity index (χ1v) is 8.11. The maximum Gasteiger partial charge on any atom is 0.222 e. The van der Waals surface area contributed by atoms with Gasteiger partial charge in [-0.15, -0.1) is 0 Å². The first kappa shape index (κ1) is 15.4. The van der Waals surface area contributed by atoms with Crippen molar-refractivity contribution < 1.29 is 4.79 Å². The Balaban J connectivity index is 2.02. The fraction of sp³-hybridized carbons (Fsp3) is 0.588. The highest BCUT2D eigenvalue weighted by Crippen LogP contribution is 2.27. The van der Waals surface area contributed by atoms with Crippen LogP contribution >= 0.6 is 11.6 Å². The molecule has 3 heteroatoms. The normalized spacial score (nSPS) is 19.7. The zero-order valence-electron chi connectivity index (χ0n) is 12.3. The minimum Gasteiger partial charge on any atom is -0.342 e. The second kappa shape index (κ2) is 7.68. The molecule has 0 aromatic heterocycles. The first-order chi connectivity index (χ1) is 9.70. The Kier molecular flexibility index (Phi) is 5.90.